The Hall–Kier alpha value is -1.25. The molecule has 3 nitrogen and oxygen atoms in total. The molecule has 0 fully saturated rings. The maximum absolute atomic E-state index is 11.9. The molecule has 2 rings (SSSR count). The molecule has 0 aliphatic heterocycles. The fourth-order valence-electron chi connectivity index (χ4n) is 2.13. The summed E-state index contributed by atoms with van der Waals surface area (Å²) in [5.74, 6) is -0.226. The van der Waals surface area contributed by atoms with E-state index in [-0.39, 0.29) is 5.97 Å². The van der Waals surface area contributed by atoms with Gasteiger partial charge in [-0.05, 0) is 57.6 Å². The summed E-state index contributed by atoms with van der Waals surface area (Å²) in [6.45, 7) is 5.67. The highest BCUT2D eigenvalue weighted by Crippen LogP contribution is 2.25. The molecule has 0 atom stereocenters. The molecule has 1 aromatic heterocycles. The molecule has 0 amide bonds. The van der Waals surface area contributed by atoms with Gasteiger partial charge in [0.25, 0.3) is 0 Å². The average molecular weight is 221 g/mol. The van der Waals surface area contributed by atoms with Gasteiger partial charge in [-0.3, -0.25) is 0 Å². The molecule has 88 valence electrons. The fraction of sp³-hybridized carbons (Fsp3) is 0.615. The number of carbonyl (C=O) groups excluding carboxylic acids is 1. The van der Waals surface area contributed by atoms with E-state index in [1.54, 1.807) is 0 Å². The molecule has 1 N–H and O–H groups in total. The van der Waals surface area contributed by atoms with E-state index >= 15 is 0 Å². The van der Waals surface area contributed by atoms with Gasteiger partial charge >= 0.3 is 5.97 Å². The lowest BCUT2D eigenvalue weighted by molar-refractivity contribution is 0.00622. The normalized spacial score (nSPS) is 15.7. The molecule has 1 aromatic rings. The van der Waals surface area contributed by atoms with Gasteiger partial charge in [-0.1, -0.05) is 0 Å². The van der Waals surface area contributed by atoms with E-state index < -0.39 is 5.60 Å². The molecule has 0 unspecified atom stereocenters. The Morgan fingerprint density at radius 1 is 1.31 bits per heavy atom. The Bertz CT molecular complexity index is 399. The summed E-state index contributed by atoms with van der Waals surface area (Å²) in [4.78, 5) is 15.0. The second-order valence-corrected chi connectivity index (χ2v) is 5.38. The van der Waals surface area contributed by atoms with Gasteiger partial charge in [0.15, 0.2) is 0 Å². The Balaban J connectivity index is 2.21. The van der Waals surface area contributed by atoms with Crippen molar-refractivity contribution in [1.29, 1.82) is 0 Å². The summed E-state index contributed by atoms with van der Waals surface area (Å²) in [6, 6.07) is 0. The fourth-order valence-corrected chi connectivity index (χ4v) is 2.13. The van der Waals surface area contributed by atoms with Crippen LogP contribution in [-0.2, 0) is 17.6 Å². The van der Waals surface area contributed by atoms with Gasteiger partial charge in [-0.2, -0.15) is 0 Å². The Morgan fingerprint density at radius 2 is 2.00 bits per heavy atom. The van der Waals surface area contributed by atoms with Crippen molar-refractivity contribution in [2.75, 3.05) is 0 Å². The first kappa shape index (κ1) is 11.2. The number of aryl methyl sites for hydroxylation is 1. The van der Waals surface area contributed by atoms with Crippen molar-refractivity contribution >= 4 is 5.97 Å². The van der Waals surface area contributed by atoms with Gasteiger partial charge in [0.2, 0.25) is 0 Å². The minimum Gasteiger partial charge on any atom is -0.455 e. The largest absolute Gasteiger partial charge is 0.455 e. The second kappa shape index (κ2) is 3.96. The van der Waals surface area contributed by atoms with Gasteiger partial charge in [0.1, 0.15) is 11.3 Å². The molecular formula is C13H19NO2. The molecule has 1 aliphatic rings. The van der Waals surface area contributed by atoms with Crippen LogP contribution < -0.4 is 0 Å². The maximum Gasteiger partial charge on any atom is 0.355 e. The van der Waals surface area contributed by atoms with E-state index in [9.17, 15) is 4.79 Å². The number of fused-ring (bicyclic) bond motifs is 1. The van der Waals surface area contributed by atoms with E-state index in [0.29, 0.717) is 5.69 Å². The van der Waals surface area contributed by atoms with Crippen LogP contribution in [-0.4, -0.2) is 16.6 Å². The lowest BCUT2D eigenvalue weighted by atomic mass is 9.94. The molecule has 16 heavy (non-hydrogen) atoms. The standard InChI is InChI=1S/C13H19NO2/c1-13(2,3)16-12(15)11-10-7-5-4-6-9(10)8-14-11/h8,14H,4-7H2,1-3H3. The number of carbonyl (C=O) groups is 1. The number of ether oxygens (including phenoxy) is 1. The van der Waals surface area contributed by atoms with Crippen LogP contribution in [0.1, 0.15) is 55.2 Å². The molecular weight excluding hydrogens is 202 g/mol. The predicted molar refractivity (Wildman–Crippen MR) is 62.6 cm³/mol. The number of aromatic amines is 1. The summed E-state index contributed by atoms with van der Waals surface area (Å²) in [5.41, 5.74) is 2.68. The van der Waals surface area contributed by atoms with Crippen molar-refractivity contribution in [3.8, 4) is 0 Å². The Kier molecular flexibility index (Phi) is 2.78. The number of rotatable bonds is 1. The summed E-state index contributed by atoms with van der Waals surface area (Å²) in [5, 5.41) is 0. The molecule has 0 aromatic carbocycles. The number of hydrogen-bond acceptors (Lipinski definition) is 2. The highest BCUT2D eigenvalue weighted by Gasteiger charge is 2.24. The molecule has 1 heterocycles. The van der Waals surface area contributed by atoms with Crippen LogP contribution in [0.5, 0.6) is 0 Å². The van der Waals surface area contributed by atoms with E-state index in [2.05, 4.69) is 4.98 Å². The highest BCUT2D eigenvalue weighted by atomic mass is 16.6. The smallest absolute Gasteiger partial charge is 0.355 e. The number of hydrogen-bond donors (Lipinski definition) is 1. The zero-order valence-electron chi connectivity index (χ0n) is 10.2. The van der Waals surface area contributed by atoms with Crippen LogP contribution in [0, 0.1) is 0 Å². The predicted octanol–water partition coefficient (Wildman–Crippen LogP) is 2.85. The van der Waals surface area contributed by atoms with Crippen molar-refractivity contribution < 1.29 is 9.53 Å². The highest BCUT2D eigenvalue weighted by molar-refractivity contribution is 5.90. The van der Waals surface area contributed by atoms with Crippen LogP contribution in [0.4, 0.5) is 0 Å². The van der Waals surface area contributed by atoms with Crippen LogP contribution in [0.25, 0.3) is 0 Å². The van der Waals surface area contributed by atoms with Crippen LogP contribution in [0.3, 0.4) is 0 Å². The van der Waals surface area contributed by atoms with Crippen LogP contribution >= 0.6 is 0 Å². The minimum atomic E-state index is -0.427. The zero-order valence-corrected chi connectivity index (χ0v) is 10.2. The zero-order chi connectivity index (χ0) is 11.8. The lowest BCUT2D eigenvalue weighted by Crippen LogP contribution is -2.25. The quantitative estimate of drug-likeness (QED) is 0.741. The van der Waals surface area contributed by atoms with E-state index in [1.807, 2.05) is 27.0 Å². The van der Waals surface area contributed by atoms with E-state index in [0.717, 1.165) is 12.8 Å². The Labute approximate surface area is 96.2 Å². The first-order chi connectivity index (χ1) is 7.47. The van der Waals surface area contributed by atoms with Gasteiger partial charge in [0, 0.05) is 6.20 Å². The molecule has 0 spiro atoms. The third-order valence-electron chi connectivity index (χ3n) is 2.81. The lowest BCUT2D eigenvalue weighted by Gasteiger charge is -2.20. The van der Waals surface area contributed by atoms with Gasteiger partial charge in [-0.25, -0.2) is 4.79 Å². The SMILES string of the molecule is CC(C)(C)OC(=O)c1[nH]cc2c1CCCC2. The summed E-state index contributed by atoms with van der Waals surface area (Å²) in [7, 11) is 0. The Morgan fingerprint density at radius 3 is 2.69 bits per heavy atom. The third-order valence-corrected chi connectivity index (χ3v) is 2.81. The summed E-state index contributed by atoms with van der Waals surface area (Å²) < 4.78 is 5.38. The van der Waals surface area contributed by atoms with E-state index in [1.165, 1.54) is 24.0 Å². The van der Waals surface area contributed by atoms with Crippen molar-refractivity contribution in [2.24, 2.45) is 0 Å². The molecule has 0 bridgehead atoms. The molecule has 0 radical (unpaired) electrons. The van der Waals surface area contributed by atoms with Crippen LogP contribution in [0.15, 0.2) is 6.20 Å². The number of aromatic nitrogens is 1. The van der Waals surface area contributed by atoms with Crippen LogP contribution in [0.2, 0.25) is 0 Å². The molecule has 0 saturated carbocycles. The number of H-pyrrole nitrogens is 1. The number of nitrogens with one attached hydrogen (secondary N) is 1. The third kappa shape index (κ3) is 2.29. The van der Waals surface area contributed by atoms with Gasteiger partial charge in [-0.15, -0.1) is 0 Å². The topological polar surface area (TPSA) is 42.1 Å². The minimum absolute atomic E-state index is 0.226. The van der Waals surface area contributed by atoms with Crippen molar-refractivity contribution in [3.05, 3.63) is 23.0 Å². The summed E-state index contributed by atoms with van der Waals surface area (Å²) in [6.07, 6.45) is 6.41. The second-order valence-electron chi connectivity index (χ2n) is 5.38. The first-order valence-electron chi connectivity index (χ1n) is 5.90. The van der Waals surface area contributed by atoms with E-state index in [4.69, 9.17) is 4.74 Å². The maximum atomic E-state index is 11.9. The molecule has 3 heteroatoms. The van der Waals surface area contributed by atoms with Crippen molar-refractivity contribution in [2.45, 2.75) is 52.1 Å². The van der Waals surface area contributed by atoms with Crippen molar-refractivity contribution in [3.63, 3.8) is 0 Å². The monoisotopic (exact) mass is 221 g/mol. The average Bonchev–Trinajstić information content (AvgIpc) is 2.58. The molecule has 0 saturated heterocycles. The van der Waals surface area contributed by atoms with Gasteiger partial charge < -0.3 is 9.72 Å². The molecule has 1 aliphatic carbocycles. The van der Waals surface area contributed by atoms with Gasteiger partial charge in [0.05, 0.1) is 0 Å². The summed E-state index contributed by atoms with van der Waals surface area (Å²) >= 11 is 0. The first-order valence-corrected chi connectivity index (χ1v) is 5.90. The van der Waals surface area contributed by atoms with Crippen molar-refractivity contribution in [1.82, 2.24) is 4.98 Å². The number of esters is 1.